The number of carboxylic acids is 1. The zero-order chi connectivity index (χ0) is 87.5. The highest BCUT2D eigenvalue weighted by atomic mass is 16.6. The summed E-state index contributed by atoms with van der Waals surface area (Å²) in [7, 11) is 0. The van der Waals surface area contributed by atoms with Gasteiger partial charge in [-0.25, -0.2) is 14.4 Å². The first-order chi connectivity index (χ1) is 54.1. The van der Waals surface area contributed by atoms with Gasteiger partial charge in [-0.15, -0.1) is 0 Å². The number of carbonyl (C=O) groups excluding carboxylic acids is 14. The maximum Gasteiger partial charge on any atom is 0.408 e. The van der Waals surface area contributed by atoms with Crippen molar-refractivity contribution in [3.05, 3.63) is 108 Å². The lowest BCUT2D eigenvalue weighted by atomic mass is 9.83. The van der Waals surface area contributed by atoms with Gasteiger partial charge in [0, 0.05) is 50.5 Å². The molecule has 0 aromatic heterocycles. The zero-order valence-electron chi connectivity index (χ0n) is 69.9. The summed E-state index contributed by atoms with van der Waals surface area (Å²) in [5.41, 5.74) is 4.48. The average Bonchev–Trinajstić information content (AvgIpc) is 0.816. The molecule has 3 aromatic carbocycles. The molecule has 1 unspecified atom stereocenters. The molecule has 0 aliphatic rings. The number of hydrogen-bond acceptors (Lipinski definition) is 21. The van der Waals surface area contributed by atoms with Gasteiger partial charge < -0.3 is 88.2 Å². The third kappa shape index (κ3) is 37.6. The highest BCUT2D eigenvalue weighted by molar-refractivity contribution is 6.00. The Hall–Kier alpha value is -10.2. The number of carboxylic acid groups (broad SMARTS) is 1. The molecule has 0 saturated carbocycles. The Labute approximate surface area is 680 Å². The van der Waals surface area contributed by atoms with Gasteiger partial charge in [-0.05, 0) is 105 Å². The number of rotatable bonds is 49. The number of primary amides is 1. The topological polar surface area (TPSA) is 499 Å². The molecule has 3 rings (SSSR count). The Balaban J connectivity index is 2.15. The second-order valence-corrected chi connectivity index (χ2v) is 33.8. The quantitative estimate of drug-likeness (QED) is 0.0210. The van der Waals surface area contributed by atoms with Crippen LogP contribution in [0, 0.1) is 46.3 Å². The van der Waals surface area contributed by atoms with E-state index in [1.54, 1.807) is 174 Å². The van der Waals surface area contributed by atoms with Gasteiger partial charge in [-0.2, -0.15) is 0 Å². The number of ether oxygens (including phenoxy) is 3. The van der Waals surface area contributed by atoms with Crippen LogP contribution in [-0.4, -0.2) is 182 Å². The number of hydrogen-bond donors (Lipinski definition) is 14. The lowest BCUT2D eigenvalue weighted by Crippen LogP contribution is -2.62. The molecule has 0 saturated heterocycles. The summed E-state index contributed by atoms with van der Waals surface area (Å²) >= 11 is 0. The molecule has 0 spiro atoms. The van der Waals surface area contributed by atoms with Crippen LogP contribution in [0.2, 0.25) is 0 Å². The normalized spacial score (nSPS) is 15.3. The van der Waals surface area contributed by atoms with E-state index in [0.717, 1.165) is 0 Å². The highest BCUT2D eigenvalue weighted by Crippen LogP contribution is 2.29. The summed E-state index contributed by atoms with van der Waals surface area (Å²) in [6.45, 7) is 25.7. The molecular formula is C84H126N10O22. The van der Waals surface area contributed by atoms with Gasteiger partial charge in [-0.1, -0.05) is 181 Å². The minimum Gasteiger partial charge on any atom is -0.481 e. The number of nitrogens with one attached hydrogen (secondary N) is 9. The van der Waals surface area contributed by atoms with Crippen LogP contribution in [0.1, 0.15) is 211 Å². The van der Waals surface area contributed by atoms with Gasteiger partial charge in [0.1, 0.15) is 49.0 Å². The van der Waals surface area contributed by atoms with Gasteiger partial charge in [0.15, 0.2) is 23.1 Å². The maximum atomic E-state index is 15.7. The number of nitrogens with two attached hydrogens (primary N) is 1. The number of benzene rings is 3. The second kappa shape index (κ2) is 48.4. The van der Waals surface area contributed by atoms with E-state index in [1.165, 1.54) is 6.92 Å². The van der Waals surface area contributed by atoms with Crippen molar-refractivity contribution in [3.63, 3.8) is 0 Å². The fraction of sp³-hybridized carbons (Fsp3) is 0.607. The molecule has 0 bridgehead atoms. The van der Waals surface area contributed by atoms with Crippen LogP contribution in [0.4, 0.5) is 14.4 Å². The fourth-order valence-electron chi connectivity index (χ4n) is 12.6. The largest absolute Gasteiger partial charge is 0.481 e. The van der Waals surface area contributed by atoms with E-state index in [9.17, 15) is 68.4 Å². The van der Waals surface area contributed by atoms with Crippen molar-refractivity contribution in [1.82, 2.24) is 47.9 Å². The second-order valence-electron chi connectivity index (χ2n) is 33.8. The molecule has 0 heterocycles. The van der Waals surface area contributed by atoms with Gasteiger partial charge in [0.05, 0.1) is 49.3 Å². The summed E-state index contributed by atoms with van der Waals surface area (Å²) in [4.78, 5) is 210. The SMILES string of the molecule is CC[C@H](C)C(CC(=O)[C@@H](CCCNC(=O)OCc1ccccc1)NC(=O)[C@@H](CC(=O)[C@@H](NC(=O)[C@@H](NC(=O)[C@H](CC(C)(C)C)NC(=O)[C@@H](CC(C)(C)C)NC(=O)OCc1ccccc1)[C@H](NC(=O)OC(C)(C)C)c1ccccc1)[C@H](O)C(C)C)CC(C)C)C(=O)N[C@H](C(=O)CCC(=O)N[C@@H](CC(N)=O)C(=O)C[C@@H](CO)C(=O)O)[C@H](C)O. The fourth-order valence-corrected chi connectivity index (χ4v) is 12.6. The average molecular weight is 1630 g/mol. The van der Waals surface area contributed by atoms with Gasteiger partial charge in [-0.3, -0.25) is 57.5 Å². The Morgan fingerprint density at radius 2 is 0.974 bits per heavy atom. The molecule has 0 aliphatic carbocycles. The van der Waals surface area contributed by atoms with Gasteiger partial charge >= 0.3 is 24.2 Å². The summed E-state index contributed by atoms with van der Waals surface area (Å²) in [5, 5.41) is 65.7. The number of aliphatic hydroxyl groups excluding tert-OH is 3. The molecule has 0 aliphatic heterocycles. The van der Waals surface area contributed by atoms with Crippen LogP contribution in [-0.2, 0) is 85.0 Å². The standard InChI is InChI=1S/C84H126N10O22/c1-17-50(6)57(74(105)91-68(51(7)96)62(97)35-36-67(102)87-59(42-66(85)101)63(98)40-56(45-95)78(109)110)41-64(99)58(34-27-37-86-79(111)114-46-52-28-21-18-22-29-52)88-73(104)55(38-48(2)3)39-65(100)70(72(103)49(4)5)92-77(108)71(69(54-32-25-20-26-33-54)94-81(113)116-84(14,15)16)93-76(107)60(43-82(8,9)10)89-75(106)61(44-83(11,12)13)90-80(112)115-47-53-30-23-19-24-31-53/h18-26,28-33,48-51,55-61,68-72,95-96,103H,17,27,34-47H2,1-16H3,(H2,85,101)(H,86,111)(H,87,102)(H,88,104)(H,89,106)(H,90,112)(H,91,105)(H,92,108)(H,93,107)(H,94,113)(H,109,110)/t50-,51-,55+,56-,57?,58+,59-,60-,61+,68-,69+,70+,71-,72+/m0/s1. The van der Waals surface area contributed by atoms with Crippen LogP contribution in [0.25, 0.3) is 0 Å². The molecular weight excluding hydrogens is 1500 g/mol. The molecule has 3 aromatic rings. The van der Waals surface area contributed by atoms with E-state index >= 15 is 24.0 Å². The summed E-state index contributed by atoms with van der Waals surface area (Å²) < 4.78 is 16.6. The monoisotopic (exact) mass is 1630 g/mol. The van der Waals surface area contributed by atoms with E-state index in [-0.39, 0.29) is 69.8 Å². The summed E-state index contributed by atoms with van der Waals surface area (Å²) in [6, 6.07) is 12.8. The number of aliphatic carboxylic acids is 1. The molecule has 32 heteroatoms. The number of ketones is 4. The van der Waals surface area contributed by atoms with Crippen LogP contribution >= 0.6 is 0 Å². The third-order valence-corrected chi connectivity index (χ3v) is 18.9. The Kier molecular flexibility index (Phi) is 41.7. The van der Waals surface area contributed by atoms with Crippen molar-refractivity contribution in [3.8, 4) is 0 Å². The van der Waals surface area contributed by atoms with Crippen molar-refractivity contribution >= 4 is 88.7 Å². The first kappa shape index (κ1) is 100.0. The van der Waals surface area contributed by atoms with E-state index < -0.39 is 240 Å². The molecule has 116 heavy (non-hydrogen) atoms. The molecule has 0 fully saturated rings. The smallest absolute Gasteiger partial charge is 0.408 e. The zero-order valence-corrected chi connectivity index (χ0v) is 69.9. The molecule has 15 N–H and O–H groups in total. The number of alkyl carbamates (subject to hydrolysis) is 3. The van der Waals surface area contributed by atoms with Crippen molar-refractivity contribution in [2.24, 2.45) is 52.1 Å². The predicted molar refractivity (Wildman–Crippen MR) is 429 cm³/mol. The molecule has 644 valence electrons. The van der Waals surface area contributed by atoms with Crippen molar-refractivity contribution < 1.29 is 107 Å². The first-order valence-electron chi connectivity index (χ1n) is 39.5. The Bertz CT molecular complexity index is 3750. The number of amides is 10. The Morgan fingerprint density at radius 1 is 0.483 bits per heavy atom. The molecule has 10 amide bonds. The molecule has 0 radical (unpaired) electrons. The Morgan fingerprint density at radius 3 is 1.47 bits per heavy atom. The van der Waals surface area contributed by atoms with Crippen LogP contribution < -0.4 is 53.6 Å². The van der Waals surface area contributed by atoms with E-state index in [0.29, 0.717) is 11.1 Å². The number of Topliss-reactive ketones (excluding diaryl/α,β-unsaturated/α-hetero) is 4. The van der Waals surface area contributed by atoms with E-state index in [1.807, 2.05) is 20.8 Å². The number of carbonyl (C=O) groups is 15. The van der Waals surface area contributed by atoms with Crippen LogP contribution in [0.3, 0.4) is 0 Å². The lowest BCUT2D eigenvalue weighted by Gasteiger charge is -2.34. The summed E-state index contributed by atoms with van der Waals surface area (Å²) in [6.07, 6.45) is -10.2. The van der Waals surface area contributed by atoms with Crippen molar-refractivity contribution in [2.75, 3.05) is 13.2 Å². The van der Waals surface area contributed by atoms with Gasteiger partial charge in [0.25, 0.3) is 0 Å². The van der Waals surface area contributed by atoms with E-state index in [4.69, 9.17) is 19.9 Å². The molecule has 14 atom stereocenters. The maximum absolute atomic E-state index is 15.7. The summed E-state index contributed by atoms with van der Waals surface area (Å²) in [5.74, 6) is -17.6. The van der Waals surface area contributed by atoms with E-state index in [2.05, 4.69) is 47.9 Å². The van der Waals surface area contributed by atoms with Crippen molar-refractivity contribution in [2.45, 2.75) is 267 Å². The minimum absolute atomic E-state index is 0.00361. The minimum atomic E-state index is -1.92. The van der Waals surface area contributed by atoms with Crippen LogP contribution in [0.15, 0.2) is 91.0 Å². The van der Waals surface area contributed by atoms with Crippen molar-refractivity contribution in [1.29, 1.82) is 0 Å². The first-order valence-corrected chi connectivity index (χ1v) is 39.5. The third-order valence-electron chi connectivity index (χ3n) is 18.9. The van der Waals surface area contributed by atoms with Gasteiger partial charge in [0.2, 0.25) is 41.4 Å². The predicted octanol–water partition coefficient (Wildman–Crippen LogP) is 6.55. The lowest BCUT2D eigenvalue weighted by molar-refractivity contribution is -0.145. The number of aliphatic hydroxyl groups is 3. The molecule has 32 nitrogen and oxygen atoms in total. The highest BCUT2D eigenvalue weighted by Gasteiger charge is 2.43. The van der Waals surface area contributed by atoms with Crippen LogP contribution in [0.5, 0.6) is 0 Å².